The van der Waals surface area contributed by atoms with Gasteiger partial charge in [0.1, 0.15) is 0 Å². The molecule has 0 aliphatic heterocycles. The smallest absolute Gasteiger partial charge is 0.249 e. The lowest BCUT2D eigenvalue weighted by molar-refractivity contribution is -0.175. The Morgan fingerprint density at radius 1 is 0.792 bits per heavy atom. The fraction of sp³-hybridized carbons (Fsp3) is 0.778. The van der Waals surface area contributed by atoms with E-state index >= 15 is 0 Å². The monoisotopic (exact) mass is 342 g/mol. The molecule has 0 rings (SSSR count). The molecule has 6 nitrogen and oxygen atoms in total. The first kappa shape index (κ1) is 22.6. The van der Waals surface area contributed by atoms with Gasteiger partial charge in [-0.3, -0.25) is 19.3 Å². The first-order chi connectivity index (χ1) is 11.2. The van der Waals surface area contributed by atoms with Gasteiger partial charge in [-0.05, 0) is 24.7 Å². The van der Waals surface area contributed by atoms with Gasteiger partial charge >= 0.3 is 0 Å². The minimum atomic E-state index is -0.138. The number of hydroxylamine groups is 4. The fourth-order valence-corrected chi connectivity index (χ4v) is 2.45. The number of rotatable bonds is 10. The lowest BCUT2D eigenvalue weighted by atomic mass is 9.89. The average Bonchev–Trinajstić information content (AvgIpc) is 2.54. The van der Waals surface area contributed by atoms with Gasteiger partial charge in [-0.1, -0.05) is 39.8 Å². The summed E-state index contributed by atoms with van der Waals surface area (Å²) in [5.74, 6) is 0.0754. The molecule has 0 aromatic carbocycles. The van der Waals surface area contributed by atoms with E-state index in [0.29, 0.717) is 12.8 Å². The van der Waals surface area contributed by atoms with Crippen LogP contribution in [0.4, 0.5) is 0 Å². The molecule has 0 aromatic heterocycles. The van der Waals surface area contributed by atoms with Crippen molar-refractivity contribution in [2.75, 3.05) is 28.3 Å². The Bertz CT molecular complexity index is 383. The molecular weight excluding hydrogens is 308 g/mol. The highest BCUT2D eigenvalue weighted by Crippen LogP contribution is 2.21. The van der Waals surface area contributed by atoms with Gasteiger partial charge in [0.25, 0.3) is 0 Å². The van der Waals surface area contributed by atoms with Crippen molar-refractivity contribution in [2.45, 2.75) is 40.5 Å². The van der Waals surface area contributed by atoms with E-state index in [2.05, 4.69) is 0 Å². The summed E-state index contributed by atoms with van der Waals surface area (Å²) in [6.07, 6.45) is 5.23. The van der Waals surface area contributed by atoms with Crippen molar-refractivity contribution < 1.29 is 19.3 Å². The summed E-state index contributed by atoms with van der Waals surface area (Å²) >= 11 is 0. The van der Waals surface area contributed by atoms with Crippen LogP contribution < -0.4 is 0 Å². The summed E-state index contributed by atoms with van der Waals surface area (Å²) in [4.78, 5) is 34.5. The molecule has 0 aliphatic rings. The van der Waals surface area contributed by atoms with E-state index in [1.54, 1.807) is 14.1 Å². The summed E-state index contributed by atoms with van der Waals surface area (Å²) in [7, 11) is 6.21. The van der Waals surface area contributed by atoms with Crippen molar-refractivity contribution >= 4 is 11.8 Å². The van der Waals surface area contributed by atoms with Crippen LogP contribution in [0.25, 0.3) is 0 Å². The number of amides is 2. The zero-order valence-corrected chi connectivity index (χ0v) is 16.4. The summed E-state index contributed by atoms with van der Waals surface area (Å²) in [6.45, 7) is 8.09. The largest absolute Gasteiger partial charge is 0.275 e. The van der Waals surface area contributed by atoms with Gasteiger partial charge in [-0.25, -0.2) is 10.1 Å². The highest BCUT2D eigenvalue weighted by atomic mass is 16.7. The number of allylic oxidation sites excluding steroid dienone is 2. The Balaban J connectivity index is 4.80. The van der Waals surface area contributed by atoms with E-state index in [9.17, 15) is 9.59 Å². The normalized spacial score (nSPS) is 14.2. The quantitative estimate of drug-likeness (QED) is 0.452. The lowest BCUT2D eigenvalue weighted by Crippen LogP contribution is -2.34. The van der Waals surface area contributed by atoms with Crippen LogP contribution in [0, 0.1) is 23.7 Å². The maximum atomic E-state index is 12.3. The highest BCUT2D eigenvalue weighted by Gasteiger charge is 2.26. The molecule has 0 spiro atoms. The Morgan fingerprint density at radius 2 is 1.08 bits per heavy atom. The minimum Gasteiger partial charge on any atom is -0.275 e. The molecule has 2 atom stereocenters. The third-order valence-electron chi connectivity index (χ3n) is 4.36. The highest BCUT2D eigenvalue weighted by molar-refractivity contribution is 5.78. The van der Waals surface area contributed by atoms with Crippen LogP contribution in [0.3, 0.4) is 0 Å². The average molecular weight is 342 g/mol. The molecule has 6 heteroatoms. The first-order valence-electron chi connectivity index (χ1n) is 8.45. The Morgan fingerprint density at radius 3 is 1.29 bits per heavy atom. The number of carbonyl (C=O) groups is 2. The molecule has 140 valence electrons. The molecular formula is C18H34N2O4. The lowest BCUT2D eigenvalue weighted by Gasteiger charge is -2.24. The second-order valence-corrected chi connectivity index (χ2v) is 6.68. The van der Waals surface area contributed by atoms with Crippen LogP contribution in [-0.4, -0.2) is 50.3 Å². The van der Waals surface area contributed by atoms with E-state index in [1.165, 1.54) is 24.3 Å². The second kappa shape index (κ2) is 11.2. The van der Waals surface area contributed by atoms with Crippen molar-refractivity contribution in [3.05, 3.63) is 12.2 Å². The minimum absolute atomic E-state index is 0.0345. The van der Waals surface area contributed by atoms with E-state index in [4.69, 9.17) is 9.68 Å². The summed E-state index contributed by atoms with van der Waals surface area (Å²) in [5.41, 5.74) is 0. The van der Waals surface area contributed by atoms with Crippen LogP contribution in [0.1, 0.15) is 40.5 Å². The Hall–Kier alpha value is -1.40. The summed E-state index contributed by atoms with van der Waals surface area (Å²) in [6, 6.07) is 0. The Kier molecular flexibility index (Phi) is 10.6. The van der Waals surface area contributed by atoms with E-state index in [-0.39, 0.29) is 35.5 Å². The van der Waals surface area contributed by atoms with Crippen LogP contribution >= 0.6 is 0 Å². The molecule has 0 heterocycles. The molecule has 0 unspecified atom stereocenters. The van der Waals surface area contributed by atoms with Gasteiger partial charge in [0, 0.05) is 25.9 Å². The third-order valence-corrected chi connectivity index (χ3v) is 4.36. The van der Waals surface area contributed by atoms with Crippen LogP contribution in [0.15, 0.2) is 12.2 Å². The van der Waals surface area contributed by atoms with Crippen molar-refractivity contribution in [1.82, 2.24) is 10.1 Å². The number of carbonyl (C=O) groups excluding carboxylic acids is 2. The third kappa shape index (κ3) is 7.01. The first-order valence-corrected chi connectivity index (χ1v) is 8.45. The van der Waals surface area contributed by atoms with E-state index < -0.39 is 0 Å². The van der Waals surface area contributed by atoms with Crippen molar-refractivity contribution in [3.8, 4) is 0 Å². The summed E-state index contributed by atoms with van der Waals surface area (Å²) < 4.78 is 0. The fourth-order valence-electron chi connectivity index (χ4n) is 2.45. The van der Waals surface area contributed by atoms with Gasteiger partial charge in [0.05, 0.1) is 14.2 Å². The van der Waals surface area contributed by atoms with Gasteiger partial charge in [-0.2, -0.15) is 0 Å². The molecule has 0 bridgehead atoms. The van der Waals surface area contributed by atoms with E-state index in [1.807, 2.05) is 39.8 Å². The van der Waals surface area contributed by atoms with E-state index in [0.717, 1.165) is 0 Å². The molecule has 0 radical (unpaired) electrons. The molecule has 0 N–H and O–H groups in total. The molecule has 24 heavy (non-hydrogen) atoms. The molecule has 0 fully saturated rings. The van der Waals surface area contributed by atoms with Gasteiger partial charge < -0.3 is 0 Å². The zero-order valence-electron chi connectivity index (χ0n) is 16.4. The number of hydrogen-bond acceptors (Lipinski definition) is 4. The van der Waals surface area contributed by atoms with Crippen LogP contribution in [-0.2, 0) is 19.3 Å². The van der Waals surface area contributed by atoms with Gasteiger partial charge in [-0.15, -0.1) is 0 Å². The number of nitrogens with zero attached hydrogens (tertiary/aromatic N) is 2. The number of hydrogen-bond donors (Lipinski definition) is 0. The SMILES string of the molecule is CON(C)C(=O)[C@@H](C/C=C/C[C@H](C(=O)N(C)OC)C(C)C)C(C)C. The van der Waals surface area contributed by atoms with Crippen molar-refractivity contribution in [3.63, 3.8) is 0 Å². The molecule has 0 saturated heterocycles. The molecule has 0 aliphatic carbocycles. The second-order valence-electron chi connectivity index (χ2n) is 6.68. The topological polar surface area (TPSA) is 59.1 Å². The molecule has 0 aromatic rings. The zero-order chi connectivity index (χ0) is 18.9. The predicted octanol–water partition coefficient (Wildman–Crippen LogP) is 2.91. The van der Waals surface area contributed by atoms with Crippen molar-refractivity contribution in [2.24, 2.45) is 23.7 Å². The molecule has 0 saturated carbocycles. The summed E-state index contributed by atoms with van der Waals surface area (Å²) in [5, 5.41) is 2.54. The maximum absolute atomic E-state index is 12.3. The van der Waals surface area contributed by atoms with Gasteiger partial charge in [0.2, 0.25) is 11.8 Å². The standard InChI is InChI=1S/C18H34N2O4/c1-13(2)15(17(21)19(5)23-7)11-9-10-12-16(14(3)4)18(22)20(6)24-8/h9-10,13-16H,11-12H2,1-8H3/b10-9+/t15-,16-/m0/s1. The van der Waals surface area contributed by atoms with Crippen molar-refractivity contribution in [1.29, 1.82) is 0 Å². The maximum Gasteiger partial charge on any atom is 0.249 e. The van der Waals surface area contributed by atoms with Gasteiger partial charge in [0.15, 0.2) is 0 Å². The molecule has 2 amide bonds. The predicted molar refractivity (Wildman–Crippen MR) is 94.6 cm³/mol. The van der Waals surface area contributed by atoms with Crippen LogP contribution in [0.5, 0.6) is 0 Å². The van der Waals surface area contributed by atoms with Crippen LogP contribution in [0.2, 0.25) is 0 Å². The Labute approximate surface area is 146 Å².